The van der Waals surface area contributed by atoms with Crippen LogP contribution in [0.4, 0.5) is 5.95 Å². The van der Waals surface area contributed by atoms with Gasteiger partial charge in [-0.1, -0.05) is 6.07 Å². The van der Waals surface area contributed by atoms with Gasteiger partial charge in [-0.25, -0.2) is 9.97 Å². The normalized spacial score (nSPS) is 13.7. The molecule has 27 heavy (non-hydrogen) atoms. The van der Waals surface area contributed by atoms with E-state index in [1.807, 2.05) is 12.1 Å². The number of hydrogen-bond acceptors (Lipinski definition) is 7. The van der Waals surface area contributed by atoms with Crippen molar-refractivity contribution in [2.24, 2.45) is 0 Å². The van der Waals surface area contributed by atoms with Gasteiger partial charge in [0.25, 0.3) is 0 Å². The number of fused-ring (bicyclic) bond motifs is 1. The van der Waals surface area contributed by atoms with Gasteiger partial charge in [-0.3, -0.25) is 9.69 Å². The summed E-state index contributed by atoms with van der Waals surface area (Å²) < 4.78 is 10.9. The summed E-state index contributed by atoms with van der Waals surface area (Å²) in [4.78, 5) is 24.4. The van der Waals surface area contributed by atoms with Crippen LogP contribution in [-0.4, -0.2) is 54.1 Å². The molecule has 0 saturated heterocycles. The van der Waals surface area contributed by atoms with E-state index >= 15 is 0 Å². The van der Waals surface area contributed by atoms with Crippen molar-refractivity contribution < 1.29 is 14.3 Å². The zero-order chi connectivity index (χ0) is 19.4. The fraction of sp³-hybridized carbons (Fsp3) is 0.450. The van der Waals surface area contributed by atoms with Gasteiger partial charge >= 0.3 is 0 Å². The molecule has 0 bridgehead atoms. The van der Waals surface area contributed by atoms with Gasteiger partial charge in [0.15, 0.2) is 17.3 Å². The van der Waals surface area contributed by atoms with Crippen LogP contribution in [0.25, 0.3) is 0 Å². The predicted octanol–water partition coefficient (Wildman–Crippen LogP) is 2.93. The van der Waals surface area contributed by atoms with Gasteiger partial charge in [-0.05, 0) is 45.5 Å². The van der Waals surface area contributed by atoms with Crippen LogP contribution in [0.1, 0.15) is 42.7 Å². The van der Waals surface area contributed by atoms with Crippen LogP contribution in [0.3, 0.4) is 0 Å². The number of likely N-dealkylation sites (N-methyl/N-ethyl adjacent to an activating group) is 2. The second kappa shape index (κ2) is 8.35. The van der Waals surface area contributed by atoms with E-state index in [0.29, 0.717) is 11.5 Å². The standard InChI is InChI=1S/C20H26N4O3/c1-5-24(20-21-11-17(12-22-20)15(3)25)9-8-23(4)14(2)16-6-7-18-19(10-16)27-13-26-18/h6-7,10-12,14H,5,8-9,13H2,1-4H3/t14-/m0/s1. The van der Waals surface area contributed by atoms with Crippen molar-refractivity contribution in [2.45, 2.75) is 26.8 Å². The molecule has 0 unspecified atom stereocenters. The molecule has 0 amide bonds. The SMILES string of the molecule is CCN(CCN(C)[C@@H](C)c1ccc2c(c1)OCO2)c1ncc(C(C)=O)cn1. The van der Waals surface area contributed by atoms with Crippen LogP contribution in [0, 0.1) is 0 Å². The van der Waals surface area contributed by atoms with Crippen LogP contribution in [0.15, 0.2) is 30.6 Å². The summed E-state index contributed by atoms with van der Waals surface area (Å²) in [6.07, 6.45) is 3.18. The molecule has 0 radical (unpaired) electrons. The van der Waals surface area contributed by atoms with E-state index in [4.69, 9.17) is 9.47 Å². The lowest BCUT2D eigenvalue weighted by Crippen LogP contribution is -2.35. The predicted molar refractivity (Wildman–Crippen MR) is 104 cm³/mol. The molecule has 1 aromatic carbocycles. The number of carbonyl (C=O) groups excluding carboxylic acids is 1. The molecular formula is C20H26N4O3. The third-order valence-corrected chi connectivity index (χ3v) is 4.97. The average Bonchev–Trinajstić information content (AvgIpc) is 3.15. The second-order valence-electron chi connectivity index (χ2n) is 6.68. The summed E-state index contributed by atoms with van der Waals surface area (Å²) in [7, 11) is 2.10. The summed E-state index contributed by atoms with van der Waals surface area (Å²) in [5.74, 6) is 2.23. The quantitative estimate of drug-likeness (QED) is 0.662. The fourth-order valence-electron chi connectivity index (χ4n) is 2.97. The lowest BCUT2D eigenvalue weighted by atomic mass is 10.1. The summed E-state index contributed by atoms with van der Waals surface area (Å²) in [6.45, 7) is 8.49. The molecule has 0 saturated carbocycles. The molecule has 3 rings (SSSR count). The van der Waals surface area contributed by atoms with Crippen molar-refractivity contribution in [2.75, 3.05) is 38.4 Å². The summed E-state index contributed by atoms with van der Waals surface area (Å²) in [5.41, 5.74) is 1.72. The molecule has 0 spiro atoms. The van der Waals surface area contributed by atoms with Crippen molar-refractivity contribution >= 4 is 11.7 Å². The molecule has 0 fully saturated rings. The lowest BCUT2D eigenvalue weighted by Gasteiger charge is -2.28. The minimum atomic E-state index is -0.0260. The van der Waals surface area contributed by atoms with E-state index in [1.165, 1.54) is 12.5 Å². The number of anilines is 1. The van der Waals surface area contributed by atoms with E-state index in [1.54, 1.807) is 12.4 Å². The highest BCUT2D eigenvalue weighted by Crippen LogP contribution is 2.35. The minimum Gasteiger partial charge on any atom is -0.454 e. The zero-order valence-electron chi connectivity index (χ0n) is 16.3. The Bertz CT molecular complexity index is 794. The molecule has 0 aliphatic carbocycles. The van der Waals surface area contributed by atoms with E-state index in [9.17, 15) is 4.79 Å². The molecule has 2 heterocycles. The maximum Gasteiger partial charge on any atom is 0.231 e. The first-order valence-corrected chi connectivity index (χ1v) is 9.17. The smallest absolute Gasteiger partial charge is 0.231 e. The number of benzene rings is 1. The molecule has 1 atom stereocenters. The minimum absolute atomic E-state index is 0.0260. The Morgan fingerprint density at radius 3 is 2.56 bits per heavy atom. The van der Waals surface area contributed by atoms with Crippen LogP contribution in [-0.2, 0) is 0 Å². The maximum atomic E-state index is 11.4. The van der Waals surface area contributed by atoms with Crippen LogP contribution in [0.2, 0.25) is 0 Å². The van der Waals surface area contributed by atoms with Crippen molar-refractivity contribution in [3.8, 4) is 11.5 Å². The van der Waals surface area contributed by atoms with Gasteiger partial charge in [-0.15, -0.1) is 0 Å². The number of nitrogens with zero attached hydrogens (tertiary/aromatic N) is 4. The highest BCUT2D eigenvalue weighted by Gasteiger charge is 2.19. The van der Waals surface area contributed by atoms with Gasteiger partial charge in [0.05, 0.1) is 5.56 Å². The van der Waals surface area contributed by atoms with Crippen LogP contribution >= 0.6 is 0 Å². The van der Waals surface area contributed by atoms with Gasteiger partial charge in [-0.2, -0.15) is 0 Å². The molecule has 2 aromatic rings. The number of rotatable bonds is 8. The number of hydrogen-bond donors (Lipinski definition) is 0. The molecule has 7 heteroatoms. The van der Waals surface area contributed by atoms with Crippen molar-refractivity contribution in [1.29, 1.82) is 0 Å². The van der Waals surface area contributed by atoms with Crippen LogP contribution < -0.4 is 14.4 Å². The van der Waals surface area contributed by atoms with Gasteiger partial charge < -0.3 is 14.4 Å². The summed E-state index contributed by atoms with van der Waals surface area (Å²) >= 11 is 0. The molecular weight excluding hydrogens is 344 g/mol. The third-order valence-electron chi connectivity index (χ3n) is 4.97. The maximum absolute atomic E-state index is 11.4. The second-order valence-corrected chi connectivity index (χ2v) is 6.68. The number of ketones is 1. The molecule has 1 aliphatic heterocycles. The first-order valence-electron chi connectivity index (χ1n) is 9.17. The van der Waals surface area contributed by atoms with E-state index < -0.39 is 0 Å². The summed E-state index contributed by atoms with van der Waals surface area (Å²) in [6, 6.07) is 6.32. The topological polar surface area (TPSA) is 67.8 Å². The van der Waals surface area contributed by atoms with Crippen molar-refractivity contribution in [1.82, 2.24) is 14.9 Å². The molecule has 1 aliphatic rings. The van der Waals surface area contributed by atoms with E-state index in [2.05, 4.69) is 46.7 Å². The number of carbonyl (C=O) groups is 1. The highest BCUT2D eigenvalue weighted by atomic mass is 16.7. The molecule has 1 aromatic heterocycles. The molecule has 7 nitrogen and oxygen atoms in total. The first kappa shape index (κ1) is 19.1. The number of aromatic nitrogens is 2. The Labute approximate surface area is 159 Å². The van der Waals surface area contributed by atoms with E-state index in [-0.39, 0.29) is 18.6 Å². The Morgan fingerprint density at radius 1 is 1.19 bits per heavy atom. The number of Topliss-reactive ketones (excluding diaryl/α,β-unsaturated/α-hetero) is 1. The lowest BCUT2D eigenvalue weighted by molar-refractivity contribution is 0.101. The average molecular weight is 370 g/mol. The Morgan fingerprint density at radius 2 is 1.89 bits per heavy atom. The number of ether oxygens (including phenoxy) is 2. The monoisotopic (exact) mass is 370 g/mol. The summed E-state index contributed by atoms with van der Waals surface area (Å²) in [5, 5.41) is 0. The Kier molecular flexibility index (Phi) is 5.91. The van der Waals surface area contributed by atoms with Gasteiger partial charge in [0.2, 0.25) is 12.7 Å². The van der Waals surface area contributed by atoms with E-state index in [0.717, 1.165) is 31.1 Å². The zero-order valence-corrected chi connectivity index (χ0v) is 16.3. The highest BCUT2D eigenvalue weighted by molar-refractivity contribution is 5.93. The van der Waals surface area contributed by atoms with Crippen molar-refractivity contribution in [3.63, 3.8) is 0 Å². The van der Waals surface area contributed by atoms with Gasteiger partial charge in [0.1, 0.15) is 0 Å². The van der Waals surface area contributed by atoms with Crippen LogP contribution in [0.5, 0.6) is 11.5 Å². The Hall–Kier alpha value is -2.67. The largest absolute Gasteiger partial charge is 0.454 e. The van der Waals surface area contributed by atoms with Gasteiger partial charge in [0, 0.05) is 38.1 Å². The third kappa shape index (κ3) is 4.36. The molecule has 144 valence electrons. The Balaban J connectivity index is 1.60. The fourth-order valence-corrected chi connectivity index (χ4v) is 2.97. The molecule has 0 N–H and O–H groups in total. The van der Waals surface area contributed by atoms with Crippen molar-refractivity contribution in [3.05, 3.63) is 41.7 Å². The first-order chi connectivity index (χ1) is 13.0.